The van der Waals surface area contributed by atoms with E-state index in [-0.39, 0.29) is 11.9 Å². The molecule has 2 aliphatic rings. The van der Waals surface area contributed by atoms with E-state index in [1.807, 2.05) is 6.08 Å². The maximum Gasteiger partial charge on any atom is 0.313 e. The Kier molecular flexibility index (Phi) is 1.26. The lowest BCUT2D eigenvalue weighted by Gasteiger charge is -2.13. The van der Waals surface area contributed by atoms with Crippen molar-refractivity contribution in [3.8, 4) is 0 Å². The van der Waals surface area contributed by atoms with Gasteiger partial charge in [-0.3, -0.25) is 4.79 Å². The van der Waals surface area contributed by atoms with Crippen LogP contribution in [0, 0.1) is 5.92 Å². The van der Waals surface area contributed by atoms with E-state index in [2.05, 4.69) is 0 Å². The molecular weight excluding hydrogens is 128 g/mol. The van der Waals surface area contributed by atoms with Gasteiger partial charge in [0, 0.05) is 6.42 Å². The van der Waals surface area contributed by atoms with Crippen LogP contribution in [0.2, 0.25) is 0 Å². The molecule has 0 heterocycles. The second kappa shape index (κ2) is 2.11. The van der Waals surface area contributed by atoms with Crippen LogP contribution < -0.4 is 0 Å². The number of allylic oxidation sites excluding steroid dienone is 2. The van der Waals surface area contributed by atoms with Gasteiger partial charge in [0.1, 0.15) is 5.76 Å². The highest BCUT2D eigenvalue weighted by atomic mass is 16.5. The van der Waals surface area contributed by atoms with Crippen LogP contribution in [0.25, 0.3) is 0 Å². The Morgan fingerprint density at radius 1 is 1.60 bits per heavy atom. The van der Waals surface area contributed by atoms with Crippen molar-refractivity contribution in [1.82, 2.24) is 0 Å². The van der Waals surface area contributed by atoms with Crippen LogP contribution in [0.4, 0.5) is 0 Å². The zero-order chi connectivity index (χ0) is 6.97. The Hall–Kier alpha value is -0.790. The van der Waals surface area contributed by atoms with Crippen molar-refractivity contribution in [2.75, 3.05) is 0 Å². The molecule has 0 amide bonds. The summed E-state index contributed by atoms with van der Waals surface area (Å²) >= 11 is 0. The van der Waals surface area contributed by atoms with Crippen molar-refractivity contribution < 1.29 is 9.53 Å². The minimum atomic E-state index is -0.00838. The third kappa shape index (κ3) is 1.06. The van der Waals surface area contributed by atoms with Gasteiger partial charge >= 0.3 is 5.97 Å². The Balaban J connectivity index is 1.83. The predicted molar refractivity (Wildman–Crippen MR) is 36.1 cm³/mol. The molecule has 1 fully saturated rings. The van der Waals surface area contributed by atoms with Crippen molar-refractivity contribution in [3.05, 3.63) is 11.8 Å². The maximum atomic E-state index is 10.9. The van der Waals surface area contributed by atoms with Crippen LogP contribution >= 0.6 is 0 Å². The minimum absolute atomic E-state index is 0.00838. The van der Waals surface area contributed by atoms with Gasteiger partial charge in [-0.1, -0.05) is 0 Å². The first kappa shape index (κ1) is 5.96. The van der Waals surface area contributed by atoms with Crippen LogP contribution in [0.5, 0.6) is 0 Å². The molecule has 10 heavy (non-hydrogen) atoms. The summed E-state index contributed by atoms with van der Waals surface area (Å²) in [6, 6.07) is 0. The number of esters is 1. The van der Waals surface area contributed by atoms with E-state index in [9.17, 15) is 4.79 Å². The van der Waals surface area contributed by atoms with E-state index in [0.717, 1.165) is 31.4 Å². The van der Waals surface area contributed by atoms with Gasteiger partial charge in [-0.15, -0.1) is 0 Å². The Morgan fingerprint density at radius 3 is 2.70 bits per heavy atom. The molecule has 0 N–H and O–H groups in total. The molecule has 2 heteroatoms. The molecule has 0 unspecified atom stereocenters. The molecule has 0 spiro atoms. The van der Waals surface area contributed by atoms with Gasteiger partial charge in [-0.2, -0.15) is 0 Å². The molecule has 1 saturated carbocycles. The lowest BCUT2D eigenvalue weighted by Crippen LogP contribution is -2.09. The molecule has 0 aliphatic heterocycles. The average molecular weight is 138 g/mol. The van der Waals surface area contributed by atoms with Crippen LogP contribution in [0.1, 0.15) is 25.7 Å². The van der Waals surface area contributed by atoms with Gasteiger partial charge in [-0.25, -0.2) is 0 Å². The van der Waals surface area contributed by atoms with Crippen molar-refractivity contribution in [2.24, 2.45) is 5.92 Å². The topological polar surface area (TPSA) is 26.3 Å². The molecular formula is C8H10O2. The molecule has 54 valence electrons. The van der Waals surface area contributed by atoms with Gasteiger partial charge in [0.15, 0.2) is 0 Å². The zero-order valence-corrected chi connectivity index (χ0v) is 5.80. The standard InChI is InChI=1S/C8H10O2/c9-8(6-4-5-6)10-7-2-1-3-7/h2,6H,1,3-5H2. The number of carbonyl (C=O) groups is 1. The third-order valence-corrected chi connectivity index (χ3v) is 1.91. The molecule has 2 aliphatic carbocycles. The van der Waals surface area contributed by atoms with E-state index >= 15 is 0 Å². The van der Waals surface area contributed by atoms with Gasteiger partial charge in [0.2, 0.25) is 0 Å². The van der Waals surface area contributed by atoms with E-state index in [1.54, 1.807) is 0 Å². The predicted octanol–water partition coefficient (Wildman–Crippen LogP) is 1.62. The largest absolute Gasteiger partial charge is 0.431 e. The Morgan fingerprint density at radius 2 is 2.30 bits per heavy atom. The first-order chi connectivity index (χ1) is 4.86. The molecule has 0 bridgehead atoms. The van der Waals surface area contributed by atoms with E-state index < -0.39 is 0 Å². The highest BCUT2D eigenvalue weighted by Crippen LogP contribution is 2.32. The van der Waals surface area contributed by atoms with Crippen molar-refractivity contribution >= 4 is 5.97 Å². The van der Waals surface area contributed by atoms with E-state index in [0.29, 0.717) is 0 Å². The number of carbonyl (C=O) groups excluding carboxylic acids is 1. The lowest BCUT2D eigenvalue weighted by molar-refractivity contribution is -0.141. The fourth-order valence-corrected chi connectivity index (χ4v) is 0.886. The first-order valence-electron chi connectivity index (χ1n) is 3.77. The SMILES string of the molecule is O=C(OC1=CCC1)C1CC1. The van der Waals surface area contributed by atoms with Gasteiger partial charge < -0.3 is 4.74 Å². The second-order valence-electron chi connectivity index (χ2n) is 2.90. The lowest BCUT2D eigenvalue weighted by atomic mass is 10.1. The molecule has 2 rings (SSSR count). The molecule has 0 radical (unpaired) electrons. The number of hydrogen-bond donors (Lipinski definition) is 0. The summed E-state index contributed by atoms with van der Waals surface area (Å²) in [5, 5.41) is 0. The fourth-order valence-electron chi connectivity index (χ4n) is 0.886. The van der Waals surface area contributed by atoms with Crippen LogP contribution in [0.15, 0.2) is 11.8 Å². The number of rotatable bonds is 2. The Labute approximate surface area is 59.9 Å². The molecule has 0 aromatic rings. The van der Waals surface area contributed by atoms with Crippen molar-refractivity contribution in [1.29, 1.82) is 0 Å². The maximum absolute atomic E-state index is 10.9. The van der Waals surface area contributed by atoms with Gasteiger partial charge in [0.25, 0.3) is 0 Å². The molecule has 2 nitrogen and oxygen atoms in total. The molecule has 0 aromatic carbocycles. The normalized spacial score (nSPS) is 23.0. The summed E-state index contributed by atoms with van der Waals surface area (Å²) in [6.45, 7) is 0. The summed E-state index contributed by atoms with van der Waals surface area (Å²) in [6.07, 6.45) is 6.07. The van der Waals surface area contributed by atoms with E-state index in [4.69, 9.17) is 4.74 Å². The number of ether oxygens (including phenoxy) is 1. The first-order valence-corrected chi connectivity index (χ1v) is 3.77. The van der Waals surface area contributed by atoms with Gasteiger partial charge in [-0.05, 0) is 25.3 Å². The third-order valence-electron chi connectivity index (χ3n) is 1.91. The van der Waals surface area contributed by atoms with Crippen LogP contribution in [0.3, 0.4) is 0 Å². The quantitative estimate of drug-likeness (QED) is 0.542. The highest BCUT2D eigenvalue weighted by molar-refractivity contribution is 5.76. The fraction of sp³-hybridized carbons (Fsp3) is 0.625. The van der Waals surface area contributed by atoms with Gasteiger partial charge in [0.05, 0.1) is 5.92 Å². The number of hydrogen-bond acceptors (Lipinski definition) is 2. The summed E-state index contributed by atoms with van der Waals surface area (Å²) in [7, 11) is 0. The highest BCUT2D eigenvalue weighted by Gasteiger charge is 2.32. The smallest absolute Gasteiger partial charge is 0.313 e. The monoisotopic (exact) mass is 138 g/mol. The average Bonchev–Trinajstić information content (AvgIpc) is 2.58. The summed E-state index contributed by atoms with van der Waals surface area (Å²) in [5.41, 5.74) is 0. The Bertz CT molecular complexity index is 189. The summed E-state index contributed by atoms with van der Waals surface area (Å²) in [5.74, 6) is 1.12. The van der Waals surface area contributed by atoms with Crippen LogP contribution in [-0.4, -0.2) is 5.97 Å². The van der Waals surface area contributed by atoms with E-state index in [1.165, 1.54) is 0 Å². The van der Waals surface area contributed by atoms with Crippen molar-refractivity contribution in [2.45, 2.75) is 25.7 Å². The minimum Gasteiger partial charge on any atom is -0.431 e. The zero-order valence-electron chi connectivity index (χ0n) is 5.80. The summed E-state index contributed by atoms with van der Waals surface area (Å²) in [4.78, 5) is 10.9. The van der Waals surface area contributed by atoms with Crippen LogP contribution in [-0.2, 0) is 9.53 Å². The van der Waals surface area contributed by atoms with Crippen molar-refractivity contribution in [3.63, 3.8) is 0 Å². The molecule has 0 saturated heterocycles. The second-order valence-corrected chi connectivity index (χ2v) is 2.90. The summed E-state index contributed by atoms with van der Waals surface area (Å²) < 4.78 is 5.03. The molecule has 0 atom stereocenters. The molecule has 0 aromatic heterocycles.